The number of rotatable bonds is 6. The molecule has 3 atom stereocenters. The minimum Gasteiger partial charge on any atom is -0.379 e. The van der Waals surface area contributed by atoms with Crippen molar-refractivity contribution in [1.82, 2.24) is 15.5 Å². The van der Waals surface area contributed by atoms with Crippen LogP contribution in [-0.2, 0) is 17.8 Å². The van der Waals surface area contributed by atoms with Crippen LogP contribution in [0.25, 0.3) is 0 Å². The molecule has 1 aliphatic carbocycles. The second-order valence-corrected chi connectivity index (χ2v) is 8.37. The number of nitrogens with one attached hydrogen (secondary N) is 2. The van der Waals surface area contributed by atoms with E-state index in [1.54, 1.807) is 0 Å². The first kappa shape index (κ1) is 18.4. The van der Waals surface area contributed by atoms with Crippen LogP contribution in [0.3, 0.4) is 0 Å². The van der Waals surface area contributed by atoms with Crippen molar-refractivity contribution in [3.8, 4) is 0 Å². The summed E-state index contributed by atoms with van der Waals surface area (Å²) in [5.74, 6) is 0.716. The van der Waals surface area contributed by atoms with Crippen LogP contribution < -0.4 is 10.6 Å². The van der Waals surface area contributed by atoms with Gasteiger partial charge in [0.05, 0.1) is 13.2 Å². The first-order chi connectivity index (χ1) is 12.9. The Morgan fingerprint density at radius 1 is 1.00 bits per heavy atom. The lowest BCUT2D eigenvalue weighted by atomic mass is 9.94. The molecule has 26 heavy (non-hydrogen) atoms. The summed E-state index contributed by atoms with van der Waals surface area (Å²) in [6.45, 7) is 7.40. The summed E-state index contributed by atoms with van der Waals surface area (Å²) in [4.78, 5) is 2.60. The van der Waals surface area contributed by atoms with E-state index in [2.05, 4.69) is 39.8 Å². The monoisotopic (exact) mass is 357 g/mol. The standard InChI is InChI=1S/C22H35N3O/c1-2-12-25(13-3-1)16-19-9-7-18(8-10-19)15-24-21-6-4-5-20(21)22-17-26-14-11-23-22/h7-10,20-24H,1-6,11-17H2. The van der Waals surface area contributed by atoms with Gasteiger partial charge in [0.2, 0.25) is 0 Å². The van der Waals surface area contributed by atoms with Crippen LogP contribution in [0.15, 0.2) is 24.3 Å². The van der Waals surface area contributed by atoms with E-state index in [4.69, 9.17) is 4.74 Å². The van der Waals surface area contributed by atoms with Gasteiger partial charge in [-0.25, -0.2) is 0 Å². The fraction of sp³-hybridized carbons (Fsp3) is 0.727. The molecule has 2 N–H and O–H groups in total. The van der Waals surface area contributed by atoms with E-state index < -0.39 is 0 Å². The summed E-state index contributed by atoms with van der Waals surface area (Å²) in [6.07, 6.45) is 8.11. The van der Waals surface area contributed by atoms with Crippen molar-refractivity contribution >= 4 is 0 Å². The Hall–Kier alpha value is -0.940. The normalized spacial score (nSPS) is 30.5. The molecule has 1 saturated carbocycles. The number of benzene rings is 1. The SMILES string of the molecule is c1cc(CN2CCCCC2)ccc1CNC1CCCC1C1COCCN1. The summed E-state index contributed by atoms with van der Waals surface area (Å²) in [5, 5.41) is 7.51. The van der Waals surface area contributed by atoms with Gasteiger partial charge in [-0.15, -0.1) is 0 Å². The number of piperidine rings is 1. The lowest BCUT2D eigenvalue weighted by Crippen LogP contribution is -2.50. The second-order valence-electron chi connectivity index (χ2n) is 8.37. The molecule has 4 nitrogen and oxygen atoms in total. The first-order valence-corrected chi connectivity index (χ1v) is 10.7. The van der Waals surface area contributed by atoms with Crippen LogP contribution >= 0.6 is 0 Å². The van der Waals surface area contributed by atoms with E-state index >= 15 is 0 Å². The molecule has 0 bridgehead atoms. The number of likely N-dealkylation sites (tertiary alicyclic amines) is 1. The van der Waals surface area contributed by atoms with Gasteiger partial charge in [0.1, 0.15) is 0 Å². The molecule has 4 rings (SSSR count). The average Bonchev–Trinajstić information content (AvgIpc) is 3.18. The third-order valence-electron chi connectivity index (χ3n) is 6.48. The van der Waals surface area contributed by atoms with E-state index in [0.29, 0.717) is 18.0 Å². The van der Waals surface area contributed by atoms with Gasteiger partial charge in [-0.2, -0.15) is 0 Å². The Morgan fingerprint density at radius 3 is 2.58 bits per heavy atom. The van der Waals surface area contributed by atoms with E-state index in [0.717, 1.165) is 32.8 Å². The molecule has 4 heteroatoms. The Kier molecular flexibility index (Phi) is 6.60. The lowest BCUT2D eigenvalue weighted by Gasteiger charge is -2.33. The number of ether oxygens (including phenoxy) is 1. The molecule has 2 saturated heterocycles. The van der Waals surface area contributed by atoms with Crippen molar-refractivity contribution in [3.05, 3.63) is 35.4 Å². The summed E-state index contributed by atoms with van der Waals surface area (Å²) in [6, 6.07) is 10.5. The highest BCUT2D eigenvalue weighted by Gasteiger charge is 2.34. The number of hydrogen-bond donors (Lipinski definition) is 2. The van der Waals surface area contributed by atoms with Crippen LogP contribution in [0.1, 0.15) is 49.7 Å². The van der Waals surface area contributed by atoms with E-state index in [1.165, 1.54) is 62.7 Å². The number of nitrogens with zero attached hydrogens (tertiary/aromatic N) is 1. The Labute approximate surface area is 158 Å². The van der Waals surface area contributed by atoms with Crippen LogP contribution in [0.2, 0.25) is 0 Å². The molecule has 144 valence electrons. The minimum atomic E-state index is 0.538. The third-order valence-corrected chi connectivity index (χ3v) is 6.48. The quantitative estimate of drug-likeness (QED) is 0.821. The van der Waals surface area contributed by atoms with Crippen molar-refractivity contribution in [2.24, 2.45) is 5.92 Å². The highest BCUT2D eigenvalue weighted by atomic mass is 16.5. The molecule has 0 aromatic heterocycles. The fourth-order valence-corrected chi connectivity index (χ4v) is 4.97. The number of hydrogen-bond acceptors (Lipinski definition) is 4. The second kappa shape index (κ2) is 9.32. The van der Waals surface area contributed by atoms with Gasteiger partial charge in [0.25, 0.3) is 0 Å². The Morgan fingerprint density at radius 2 is 1.81 bits per heavy atom. The van der Waals surface area contributed by atoms with Crippen LogP contribution in [0.4, 0.5) is 0 Å². The van der Waals surface area contributed by atoms with Gasteiger partial charge in [0, 0.05) is 31.7 Å². The highest BCUT2D eigenvalue weighted by Crippen LogP contribution is 2.29. The molecule has 3 aliphatic rings. The zero-order valence-corrected chi connectivity index (χ0v) is 16.1. The summed E-state index contributed by atoms with van der Waals surface area (Å²) < 4.78 is 5.69. The van der Waals surface area contributed by atoms with Crippen LogP contribution in [-0.4, -0.2) is 49.8 Å². The van der Waals surface area contributed by atoms with E-state index in [1.807, 2.05) is 0 Å². The van der Waals surface area contributed by atoms with Crippen molar-refractivity contribution in [3.63, 3.8) is 0 Å². The van der Waals surface area contributed by atoms with Crippen molar-refractivity contribution in [2.75, 3.05) is 32.8 Å². The zero-order chi connectivity index (χ0) is 17.6. The predicted molar refractivity (Wildman–Crippen MR) is 106 cm³/mol. The lowest BCUT2D eigenvalue weighted by molar-refractivity contribution is 0.0524. The molecule has 0 amide bonds. The largest absolute Gasteiger partial charge is 0.379 e. The molecule has 1 aromatic rings. The highest BCUT2D eigenvalue weighted by molar-refractivity contribution is 5.22. The van der Waals surface area contributed by atoms with E-state index in [-0.39, 0.29) is 0 Å². The first-order valence-electron chi connectivity index (χ1n) is 10.7. The fourth-order valence-electron chi connectivity index (χ4n) is 4.97. The summed E-state index contributed by atoms with van der Waals surface area (Å²) in [5.41, 5.74) is 2.86. The van der Waals surface area contributed by atoms with Crippen molar-refractivity contribution < 1.29 is 4.74 Å². The maximum atomic E-state index is 5.69. The third kappa shape index (κ3) is 4.86. The van der Waals surface area contributed by atoms with Gasteiger partial charge >= 0.3 is 0 Å². The summed E-state index contributed by atoms with van der Waals surface area (Å²) >= 11 is 0. The molecule has 1 aromatic carbocycles. The smallest absolute Gasteiger partial charge is 0.0623 e. The molecular formula is C22H35N3O. The molecule has 3 unspecified atom stereocenters. The Balaban J connectivity index is 1.26. The maximum absolute atomic E-state index is 5.69. The molecule has 0 spiro atoms. The average molecular weight is 358 g/mol. The van der Waals surface area contributed by atoms with Gasteiger partial charge in [-0.05, 0) is 55.8 Å². The van der Waals surface area contributed by atoms with Crippen LogP contribution in [0.5, 0.6) is 0 Å². The molecule has 3 fully saturated rings. The molecule has 0 radical (unpaired) electrons. The molecule has 2 aliphatic heterocycles. The van der Waals surface area contributed by atoms with Crippen molar-refractivity contribution in [2.45, 2.75) is 63.7 Å². The van der Waals surface area contributed by atoms with E-state index in [9.17, 15) is 0 Å². The summed E-state index contributed by atoms with van der Waals surface area (Å²) in [7, 11) is 0. The van der Waals surface area contributed by atoms with Crippen LogP contribution in [0, 0.1) is 5.92 Å². The maximum Gasteiger partial charge on any atom is 0.0623 e. The van der Waals surface area contributed by atoms with Gasteiger partial charge in [-0.3, -0.25) is 4.90 Å². The van der Waals surface area contributed by atoms with Gasteiger partial charge < -0.3 is 15.4 Å². The topological polar surface area (TPSA) is 36.5 Å². The van der Waals surface area contributed by atoms with Gasteiger partial charge in [0.15, 0.2) is 0 Å². The zero-order valence-electron chi connectivity index (χ0n) is 16.1. The number of morpholine rings is 1. The van der Waals surface area contributed by atoms with Crippen molar-refractivity contribution in [1.29, 1.82) is 0 Å². The molecule has 2 heterocycles. The minimum absolute atomic E-state index is 0.538. The Bertz CT molecular complexity index is 535. The predicted octanol–water partition coefficient (Wildman–Crippen LogP) is 2.92. The molecular weight excluding hydrogens is 322 g/mol. The van der Waals surface area contributed by atoms with Gasteiger partial charge in [-0.1, -0.05) is 37.1 Å².